The third-order valence-electron chi connectivity index (χ3n) is 7.21. The summed E-state index contributed by atoms with van der Waals surface area (Å²) in [5.74, 6) is 13.5. The highest BCUT2D eigenvalue weighted by Gasteiger charge is 2.17. The van der Waals surface area contributed by atoms with E-state index in [4.69, 9.17) is 0 Å². The Kier molecular flexibility index (Phi) is 11.9. The zero-order valence-electron chi connectivity index (χ0n) is 21.8. The first-order valence-electron chi connectivity index (χ1n) is 13.8. The fraction of sp³-hybridized carbons (Fsp3) is 0.471. The van der Waals surface area contributed by atoms with E-state index in [0.29, 0.717) is 12.8 Å². The van der Waals surface area contributed by atoms with Crippen molar-refractivity contribution in [1.82, 2.24) is 0 Å². The molecule has 0 saturated heterocycles. The van der Waals surface area contributed by atoms with Gasteiger partial charge < -0.3 is 10.2 Å². The van der Waals surface area contributed by atoms with Gasteiger partial charge in [-0.05, 0) is 99.6 Å². The van der Waals surface area contributed by atoms with Crippen LogP contribution in [0.2, 0.25) is 0 Å². The third-order valence-corrected chi connectivity index (χ3v) is 7.21. The lowest BCUT2D eigenvalue weighted by molar-refractivity contribution is 0.207. The van der Waals surface area contributed by atoms with Crippen molar-refractivity contribution < 1.29 is 10.2 Å². The molecule has 1 aromatic rings. The summed E-state index contributed by atoms with van der Waals surface area (Å²) in [5.41, 5.74) is 6.34. The van der Waals surface area contributed by atoms with Crippen LogP contribution in [0.5, 0.6) is 0 Å². The van der Waals surface area contributed by atoms with E-state index in [1.807, 2.05) is 24.3 Å². The summed E-state index contributed by atoms with van der Waals surface area (Å²) in [7, 11) is 0. The fourth-order valence-corrected chi connectivity index (χ4v) is 5.12. The highest BCUT2D eigenvalue weighted by atomic mass is 16.3. The van der Waals surface area contributed by atoms with Crippen molar-refractivity contribution in [3.8, 4) is 23.7 Å². The van der Waals surface area contributed by atoms with Crippen LogP contribution in [-0.2, 0) is 0 Å². The molecule has 0 aliphatic heterocycles. The number of aliphatic hydroxyl groups is 2. The molecule has 0 aromatic heterocycles. The molecular formula is C34H42O2. The average molecular weight is 483 g/mol. The van der Waals surface area contributed by atoms with Crippen molar-refractivity contribution in [3.05, 3.63) is 83.0 Å². The normalized spacial score (nSPS) is 22.7. The Bertz CT molecular complexity index is 975. The van der Waals surface area contributed by atoms with Gasteiger partial charge in [0.1, 0.15) is 0 Å². The Morgan fingerprint density at radius 2 is 0.944 bits per heavy atom. The molecule has 2 unspecified atom stereocenters. The van der Waals surface area contributed by atoms with Crippen molar-refractivity contribution in [2.24, 2.45) is 0 Å². The minimum absolute atomic E-state index is 0.472. The van der Waals surface area contributed by atoms with Crippen LogP contribution < -0.4 is 0 Å². The minimum atomic E-state index is -0.472. The summed E-state index contributed by atoms with van der Waals surface area (Å²) in [4.78, 5) is 0. The van der Waals surface area contributed by atoms with Gasteiger partial charge >= 0.3 is 0 Å². The van der Waals surface area contributed by atoms with Gasteiger partial charge in [-0.25, -0.2) is 0 Å². The molecule has 0 radical (unpaired) electrons. The van der Waals surface area contributed by atoms with Crippen molar-refractivity contribution >= 4 is 0 Å². The largest absolute Gasteiger partial charge is 0.388 e. The van der Waals surface area contributed by atoms with Gasteiger partial charge in [0.2, 0.25) is 0 Å². The molecule has 0 heterocycles. The second kappa shape index (κ2) is 15.4. The first-order chi connectivity index (χ1) is 17.6. The lowest BCUT2D eigenvalue weighted by Gasteiger charge is -2.19. The van der Waals surface area contributed by atoms with Crippen LogP contribution in [0.3, 0.4) is 0 Å². The Balaban J connectivity index is 1.81. The Morgan fingerprint density at radius 1 is 0.583 bits per heavy atom. The van der Waals surface area contributed by atoms with Crippen LogP contribution in [0, 0.1) is 23.7 Å². The van der Waals surface area contributed by atoms with Gasteiger partial charge in [0.15, 0.2) is 0 Å². The zero-order chi connectivity index (χ0) is 25.6. The SMILES string of the molecule is C=CCC(O)/C1=C(\C#Cc2ccc(C#C/C3=C(\C(O)CC=C)CCCCCC3)cc2)CCCCCC1. The highest BCUT2D eigenvalue weighted by Crippen LogP contribution is 2.28. The molecule has 3 rings (SSSR count). The predicted molar refractivity (Wildman–Crippen MR) is 151 cm³/mol. The van der Waals surface area contributed by atoms with Crippen LogP contribution in [-0.4, -0.2) is 22.4 Å². The van der Waals surface area contributed by atoms with Gasteiger partial charge in [-0.2, -0.15) is 0 Å². The number of benzene rings is 1. The maximum atomic E-state index is 10.6. The second-order valence-corrected chi connectivity index (χ2v) is 9.99. The maximum Gasteiger partial charge on any atom is 0.0796 e. The number of allylic oxidation sites excluding steroid dienone is 2. The van der Waals surface area contributed by atoms with E-state index in [-0.39, 0.29) is 0 Å². The molecule has 0 fully saturated rings. The van der Waals surface area contributed by atoms with Crippen LogP contribution in [0.4, 0.5) is 0 Å². The van der Waals surface area contributed by atoms with E-state index >= 15 is 0 Å². The molecule has 1 aromatic carbocycles. The van der Waals surface area contributed by atoms with Crippen molar-refractivity contribution in [2.75, 3.05) is 0 Å². The Morgan fingerprint density at radius 3 is 1.31 bits per heavy atom. The Labute approximate surface area is 218 Å². The summed E-state index contributed by atoms with van der Waals surface area (Å²) >= 11 is 0. The topological polar surface area (TPSA) is 40.5 Å². The molecule has 2 heteroatoms. The van der Waals surface area contributed by atoms with Gasteiger partial charge in [-0.1, -0.05) is 61.5 Å². The zero-order valence-corrected chi connectivity index (χ0v) is 21.8. The van der Waals surface area contributed by atoms with Gasteiger partial charge in [0.25, 0.3) is 0 Å². The van der Waals surface area contributed by atoms with Crippen LogP contribution in [0.1, 0.15) is 101 Å². The standard InChI is InChI=1S/C34H42O2/c1-3-13-33(35)31-17-11-7-5-9-15-29(31)25-23-27-19-21-28(22-20-27)24-26-30-16-10-6-8-12-18-32(30)34(36)14-4-2/h3-4,19-22,33-36H,1-2,5-18H2/b31-29-,32-30-. The summed E-state index contributed by atoms with van der Waals surface area (Å²) in [6.45, 7) is 7.58. The Hall–Kier alpha value is -2.78. The lowest BCUT2D eigenvalue weighted by atomic mass is 9.89. The molecule has 0 bridgehead atoms. The lowest BCUT2D eigenvalue weighted by Crippen LogP contribution is -2.13. The molecule has 2 aliphatic carbocycles. The van der Waals surface area contributed by atoms with E-state index < -0.39 is 12.2 Å². The van der Waals surface area contributed by atoms with Crippen LogP contribution in [0.15, 0.2) is 71.9 Å². The first-order valence-corrected chi connectivity index (χ1v) is 13.8. The first kappa shape index (κ1) is 27.8. The van der Waals surface area contributed by atoms with E-state index in [1.165, 1.54) is 25.7 Å². The van der Waals surface area contributed by atoms with E-state index in [2.05, 4.69) is 36.8 Å². The summed E-state index contributed by atoms with van der Waals surface area (Å²) < 4.78 is 0. The monoisotopic (exact) mass is 482 g/mol. The molecule has 0 amide bonds. The molecule has 2 nitrogen and oxygen atoms in total. The van der Waals surface area contributed by atoms with Crippen LogP contribution >= 0.6 is 0 Å². The molecule has 0 saturated carbocycles. The quantitative estimate of drug-likeness (QED) is 0.324. The van der Waals surface area contributed by atoms with E-state index in [0.717, 1.165) is 84.8 Å². The van der Waals surface area contributed by atoms with E-state index in [9.17, 15) is 10.2 Å². The number of hydrogen-bond donors (Lipinski definition) is 2. The predicted octanol–water partition coefficient (Wildman–Crippen LogP) is 7.57. The van der Waals surface area contributed by atoms with Crippen molar-refractivity contribution in [2.45, 2.75) is 102 Å². The summed E-state index contributed by atoms with van der Waals surface area (Å²) in [6, 6.07) is 8.11. The number of rotatable bonds is 6. The maximum absolute atomic E-state index is 10.6. The molecular weight excluding hydrogens is 440 g/mol. The van der Waals surface area contributed by atoms with Crippen LogP contribution in [0.25, 0.3) is 0 Å². The van der Waals surface area contributed by atoms with Crippen molar-refractivity contribution in [1.29, 1.82) is 0 Å². The second-order valence-electron chi connectivity index (χ2n) is 9.99. The van der Waals surface area contributed by atoms with Gasteiger partial charge in [-0.15, -0.1) is 13.2 Å². The molecule has 190 valence electrons. The highest BCUT2D eigenvalue weighted by molar-refractivity contribution is 5.48. The summed E-state index contributed by atoms with van der Waals surface area (Å²) in [6.07, 6.45) is 16.9. The van der Waals surface area contributed by atoms with Gasteiger partial charge in [-0.3, -0.25) is 0 Å². The molecule has 2 N–H and O–H groups in total. The number of hydrogen-bond acceptors (Lipinski definition) is 2. The van der Waals surface area contributed by atoms with Gasteiger partial charge in [0, 0.05) is 22.3 Å². The van der Waals surface area contributed by atoms with Crippen molar-refractivity contribution in [3.63, 3.8) is 0 Å². The molecule has 2 aliphatic rings. The van der Waals surface area contributed by atoms with Gasteiger partial charge in [0.05, 0.1) is 12.2 Å². The van der Waals surface area contributed by atoms with E-state index in [1.54, 1.807) is 12.2 Å². The third kappa shape index (κ3) is 8.71. The molecule has 2 atom stereocenters. The smallest absolute Gasteiger partial charge is 0.0796 e. The molecule has 36 heavy (non-hydrogen) atoms. The number of aliphatic hydroxyl groups excluding tert-OH is 2. The average Bonchev–Trinajstić information content (AvgIpc) is 2.84. The minimum Gasteiger partial charge on any atom is -0.388 e. The summed E-state index contributed by atoms with van der Waals surface area (Å²) in [5, 5.41) is 21.3. The molecule has 0 spiro atoms. The fourth-order valence-electron chi connectivity index (χ4n) is 5.12.